The lowest BCUT2D eigenvalue weighted by Gasteiger charge is -2.20. The zero-order chi connectivity index (χ0) is 23.6. The normalized spacial score (nSPS) is 12.2. The number of pyridine rings is 1. The van der Waals surface area contributed by atoms with Gasteiger partial charge in [0.05, 0.1) is 27.0 Å². The van der Waals surface area contributed by atoms with Crippen molar-refractivity contribution in [2.24, 2.45) is 0 Å². The molecule has 0 saturated carbocycles. The van der Waals surface area contributed by atoms with Gasteiger partial charge in [0.2, 0.25) is 0 Å². The minimum absolute atomic E-state index is 0.0133. The van der Waals surface area contributed by atoms with Gasteiger partial charge in [0, 0.05) is 25.8 Å². The maximum Gasteiger partial charge on any atom is 0.435 e. The van der Waals surface area contributed by atoms with E-state index in [9.17, 15) is 18.0 Å². The van der Waals surface area contributed by atoms with Crippen molar-refractivity contribution in [2.75, 3.05) is 39.5 Å². The molecule has 0 saturated heterocycles. The average Bonchev–Trinajstić information content (AvgIpc) is 3.06. The fourth-order valence-corrected chi connectivity index (χ4v) is 3.77. The molecule has 6 nitrogen and oxygen atoms in total. The highest BCUT2D eigenvalue weighted by molar-refractivity contribution is 6.40. The number of rotatable bonds is 7. The Morgan fingerprint density at radius 1 is 1.09 bits per heavy atom. The van der Waals surface area contributed by atoms with Crippen LogP contribution in [0.3, 0.4) is 0 Å². The summed E-state index contributed by atoms with van der Waals surface area (Å²) in [6, 6.07) is 7.61. The Labute approximate surface area is 193 Å². The highest BCUT2D eigenvalue weighted by atomic mass is 35.5. The molecule has 172 valence electrons. The number of amides is 1. The third-order valence-electron chi connectivity index (χ3n) is 4.80. The van der Waals surface area contributed by atoms with Crippen molar-refractivity contribution < 1.29 is 18.0 Å². The van der Waals surface area contributed by atoms with Crippen molar-refractivity contribution in [1.29, 1.82) is 0 Å². The summed E-state index contributed by atoms with van der Waals surface area (Å²) in [6.07, 6.45) is -3.16. The molecule has 2 aromatic heterocycles. The van der Waals surface area contributed by atoms with Crippen LogP contribution in [0.15, 0.2) is 36.5 Å². The molecule has 2 heterocycles. The standard InChI is InChI=1S/C21H22Cl2F3N5O/c1-29(2)10-11-30(3)12-16-18(21(24,25)26)28-19-15(8-5-9-31(16)19)27-20(32)17-13(22)6-4-7-14(17)23/h4-9H,10-12H2,1-3H3,(H,27,32). The van der Waals surface area contributed by atoms with E-state index in [2.05, 4.69) is 10.3 Å². The first-order valence-corrected chi connectivity index (χ1v) is 10.4. The summed E-state index contributed by atoms with van der Waals surface area (Å²) in [5, 5.41) is 2.85. The maximum absolute atomic E-state index is 13.8. The first kappa shape index (κ1) is 24.3. The van der Waals surface area contributed by atoms with Gasteiger partial charge < -0.3 is 14.6 Å². The van der Waals surface area contributed by atoms with Gasteiger partial charge in [0.1, 0.15) is 0 Å². The summed E-state index contributed by atoms with van der Waals surface area (Å²) in [6.45, 7) is 1.28. The van der Waals surface area contributed by atoms with E-state index in [0.717, 1.165) is 0 Å². The topological polar surface area (TPSA) is 52.9 Å². The second-order valence-corrected chi connectivity index (χ2v) is 8.43. The molecule has 3 aromatic rings. The molecule has 0 atom stereocenters. The summed E-state index contributed by atoms with van der Waals surface area (Å²) >= 11 is 12.2. The van der Waals surface area contributed by atoms with Crippen molar-refractivity contribution in [3.8, 4) is 0 Å². The van der Waals surface area contributed by atoms with E-state index < -0.39 is 17.8 Å². The average molecular weight is 488 g/mol. The zero-order valence-corrected chi connectivity index (χ0v) is 19.2. The molecule has 3 rings (SSSR count). The summed E-state index contributed by atoms with van der Waals surface area (Å²) in [5.74, 6) is -0.644. The number of benzene rings is 1. The fourth-order valence-electron chi connectivity index (χ4n) is 3.20. The second-order valence-electron chi connectivity index (χ2n) is 7.61. The fraction of sp³-hybridized carbons (Fsp3) is 0.333. The third-order valence-corrected chi connectivity index (χ3v) is 5.43. The number of halogens is 5. The Bertz CT molecular complexity index is 1110. The smallest absolute Gasteiger partial charge is 0.319 e. The summed E-state index contributed by atoms with van der Waals surface area (Å²) < 4.78 is 42.7. The molecule has 0 aliphatic rings. The predicted molar refractivity (Wildman–Crippen MR) is 119 cm³/mol. The van der Waals surface area contributed by atoms with Crippen LogP contribution >= 0.6 is 23.2 Å². The van der Waals surface area contributed by atoms with Gasteiger partial charge in [-0.1, -0.05) is 29.3 Å². The van der Waals surface area contributed by atoms with E-state index in [1.54, 1.807) is 24.1 Å². The molecule has 1 amide bonds. The van der Waals surface area contributed by atoms with Crippen molar-refractivity contribution in [3.63, 3.8) is 0 Å². The SMILES string of the molecule is CN(C)CCN(C)Cc1c(C(F)(F)F)nc2c(NC(=O)c3c(Cl)cccc3Cl)cccn12. The van der Waals surface area contributed by atoms with Gasteiger partial charge in [-0.25, -0.2) is 4.98 Å². The Hall–Kier alpha value is -2.33. The van der Waals surface area contributed by atoms with Crippen LogP contribution < -0.4 is 5.32 Å². The van der Waals surface area contributed by atoms with E-state index in [1.165, 1.54) is 28.8 Å². The number of likely N-dealkylation sites (N-methyl/N-ethyl adjacent to an activating group) is 2. The first-order valence-electron chi connectivity index (χ1n) is 9.64. The maximum atomic E-state index is 13.8. The van der Waals surface area contributed by atoms with Crippen LogP contribution in [0, 0.1) is 0 Å². The van der Waals surface area contributed by atoms with E-state index in [1.807, 2.05) is 19.0 Å². The lowest BCUT2D eigenvalue weighted by molar-refractivity contribution is -0.141. The van der Waals surface area contributed by atoms with E-state index >= 15 is 0 Å². The van der Waals surface area contributed by atoms with E-state index in [0.29, 0.717) is 13.1 Å². The number of hydrogen-bond donors (Lipinski definition) is 1. The number of imidazole rings is 1. The first-order chi connectivity index (χ1) is 15.0. The van der Waals surface area contributed by atoms with Gasteiger partial charge in [-0.2, -0.15) is 13.2 Å². The lowest BCUT2D eigenvalue weighted by atomic mass is 10.2. The van der Waals surface area contributed by atoms with Gasteiger partial charge >= 0.3 is 6.18 Å². The summed E-state index contributed by atoms with van der Waals surface area (Å²) in [5.41, 5.74) is -0.884. The minimum Gasteiger partial charge on any atom is -0.319 e. The molecular formula is C21H22Cl2F3N5O. The Morgan fingerprint density at radius 2 is 1.75 bits per heavy atom. The van der Waals surface area contributed by atoms with Crippen molar-refractivity contribution in [3.05, 3.63) is 63.5 Å². The molecular weight excluding hydrogens is 466 g/mol. The lowest BCUT2D eigenvalue weighted by Crippen LogP contribution is -2.29. The molecule has 0 fully saturated rings. The number of hydrogen-bond acceptors (Lipinski definition) is 4. The minimum atomic E-state index is -4.66. The molecule has 0 radical (unpaired) electrons. The molecule has 1 N–H and O–H groups in total. The molecule has 11 heteroatoms. The van der Waals surface area contributed by atoms with Gasteiger partial charge in [-0.15, -0.1) is 0 Å². The van der Waals surface area contributed by atoms with Gasteiger partial charge in [0.25, 0.3) is 5.91 Å². The Balaban J connectivity index is 2.01. The zero-order valence-electron chi connectivity index (χ0n) is 17.7. The number of nitrogens with one attached hydrogen (secondary N) is 1. The van der Waals surface area contributed by atoms with Crippen LogP contribution in [0.2, 0.25) is 10.0 Å². The Kier molecular flexibility index (Phi) is 7.34. The van der Waals surface area contributed by atoms with Crippen LogP contribution in [0.4, 0.5) is 18.9 Å². The second kappa shape index (κ2) is 9.66. The molecule has 32 heavy (non-hydrogen) atoms. The van der Waals surface area contributed by atoms with Crippen LogP contribution in [-0.4, -0.2) is 59.3 Å². The monoisotopic (exact) mass is 487 g/mol. The molecule has 0 unspecified atom stereocenters. The number of carbonyl (C=O) groups excluding carboxylic acids is 1. The van der Waals surface area contributed by atoms with Gasteiger partial charge in [0.15, 0.2) is 11.3 Å². The van der Waals surface area contributed by atoms with Crippen LogP contribution in [0.1, 0.15) is 21.7 Å². The molecule has 1 aromatic carbocycles. The van der Waals surface area contributed by atoms with Crippen molar-refractivity contribution >= 4 is 40.4 Å². The molecule has 0 spiro atoms. The van der Waals surface area contributed by atoms with E-state index in [4.69, 9.17) is 23.2 Å². The number of alkyl halides is 3. The summed E-state index contributed by atoms with van der Waals surface area (Å²) in [7, 11) is 5.53. The van der Waals surface area contributed by atoms with Gasteiger partial charge in [-0.3, -0.25) is 9.69 Å². The largest absolute Gasteiger partial charge is 0.435 e. The van der Waals surface area contributed by atoms with Crippen LogP contribution in [-0.2, 0) is 12.7 Å². The predicted octanol–water partition coefficient (Wildman–Crippen LogP) is 4.91. The number of anilines is 1. The highest BCUT2D eigenvalue weighted by Crippen LogP contribution is 2.34. The van der Waals surface area contributed by atoms with Crippen LogP contribution in [0.25, 0.3) is 5.65 Å². The quantitative estimate of drug-likeness (QED) is 0.514. The van der Waals surface area contributed by atoms with Gasteiger partial charge in [-0.05, 0) is 45.4 Å². The van der Waals surface area contributed by atoms with Crippen molar-refractivity contribution in [2.45, 2.75) is 12.7 Å². The molecule has 0 aliphatic carbocycles. The number of fused-ring (bicyclic) bond motifs is 1. The third kappa shape index (κ3) is 5.35. The van der Waals surface area contributed by atoms with Crippen LogP contribution in [0.5, 0.6) is 0 Å². The number of aromatic nitrogens is 2. The molecule has 0 bridgehead atoms. The Morgan fingerprint density at radius 3 is 2.34 bits per heavy atom. The number of carbonyl (C=O) groups is 1. The molecule has 0 aliphatic heterocycles. The summed E-state index contributed by atoms with van der Waals surface area (Å²) in [4.78, 5) is 20.3. The highest BCUT2D eigenvalue weighted by Gasteiger charge is 2.38. The van der Waals surface area contributed by atoms with Crippen molar-refractivity contribution in [1.82, 2.24) is 19.2 Å². The number of nitrogens with zero attached hydrogens (tertiary/aromatic N) is 4. The van der Waals surface area contributed by atoms with E-state index in [-0.39, 0.29) is 39.2 Å².